The van der Waals surface area contributed by atoms with Gasteiger partial charge in [0.05, 0.1) is 5.69 Å². The normalized spacial score (nSPS) is 18.8. The van der Waals surface area contributed by atoms with E-state index >= 15 is 0 Å². The van der Waals surface area contributed by atoms with E-state index in [0.29, 0.717) is 6.04 Å². The molecule has 96 valence electrons. The quantitative estimate of drug-likeness (QED) is 0.836. The van der Waals surface area contributed by atoms with E-state index in [0.717, 1.165) is 12.2 Å². The summed E-state index contributed by atoms with van der Waals surface area (Å²) in [7, 11) is 1.98. The molecule has 1 aliphatic heterocycles. The van der Waals surface area contributed by atoms with Crippen LogP contribution >= 0.6 is 0 Å². The van der Waals surface area contributed by atoms with Crippen LogP contribution in [0.2, 0.25) is 0 Å². The van der Waals surface area contributed by atoms with Gasteiger partial charge in [-0.1, -0.05) is 0 Å². The number of hydrogen-bond donors (Lipinski definition) is 1. The Hall–Kier alpha value is -0.870. The molecule has 1 unspecified atom stereocenters. The molecule has 2 heterocycles. The van der Waals surface area contributed by atoms with Gasteiger partial charge in [-0.05, 0) is 39.8 Å². The van der Waals surface area contributed by atoms with Crippen molar-refractivity contribution < 1.29 is 0 Å². The van der Waals surface area contributed by atoms with E-state index in [2.05, 4.69) is 35.4 Å². The van der Waals surface area contributed by atoms with Crippen molar-refractivity contribution in [3.63, 3.8) is 0 Å². The van der Waals surface area contributed by atoms with E-state index < -0.39 is 0 Å². The molecule has 0 radical (unpaired) electrons. The maximum atomic E-state index is 4.36. The van der Waals surface area contributed by atoms with Crippen molar-refractivity contribution in [2.75, 3.05) is 19.6 Å². The molecular weight excluding hydrogens is 212 g/mol. The molecule has 2 rings (SSSR count). The second-order valence-corrected chi connectivity index (χ2v) is 5.20. The van der Waals surface area contributed by atoms with Gasteiger partial charge in [-0.25, -0.2) is 0 Å². The zero-order chi connectivity index (χ0) is 12.3. The standard InChI is InChI=1S/C13H24N4/c1-11(9-17-6-4-5-7-17)14-8-13-10-16(3)15-12(13)2/h10-11,14H,4-9H2,1-3H3. The van der Waals surface area contributed by atoms with Crippen LogP contribution in [0.5, 0.6) is 0 Å². The Morgan fingerprint density at radius 2 is 2.12 bits per heavy atom. The summed E-state index contributed by atoms with van der Waals surface area (Å²) in [6.07, 6.45) is 4.84. The molecule has 0 saturated carbocycles. The molecule has 1 aromatic heterocycles. The highest BCUT2D eigenvalue weighted by atomic mass is 15.3. The van der Waals surface area contributed by atoms with Crippen LogP contribution in [0.3, 0.4) is 0 Å². The number of likely N-dealkylation sites (tertiary alicyclic amines) is 1. The van der Waals surface area contributed by atoms with Crippen molar-refractivity contribution in [1.82, 2.24) is 20.0 Å². The topological polar surface area (TPSA) is 33.1 Å². The Kier molecular flexibility index (Phi) is 4.18. The van der Waals surface area contributed by atoms with Gasteiger partial charge in [-0.2, -0.15) is 5.10 Å². The first kappa shape index (κ1) is 12.6. The molecule has 0 aromatic carbocycles. The van der Waals surface area contributed by atoms with E-state index in [9.17, 15) is 0 Å². The van der Waals surface area contributed by atoms with Gasteiger partial charge in [0, 0.05) is 37.9 Å². The minimum Gasteiger partial charge on any atom is -0.309 e. The summed E-state index contributed by atoms with van der Waals surface area (Å²) in [5.74, 6) is 0. The third-order valence-corrected chi connectivity index (χ3v) is 3.49. The Morgan fingerprint density at radius 1 is 1.41 bits per heavy atom. The van der Waals surface area contributed by atoms with Gasteiger partial charge < -0.3 is 10.2 Å². The number of rotatable bonds is 5. The van der Waals surface area contributed by atoms with E-state index in [1.807, 2.05) is 11.7 Å². The average molecular weight is 236 g/mol. The first-order chi connectivity index (χ1) is 8.15. The highest BCUT2D eigenvalue weighted by molar-refractivity contribution is 5.14. The number of hydrogen-bond acceptors (Lipinski definition) is 3. The highest BCUT2D eigenvalue weighted by Gasteiger charge is 2.14. The largest absolute Gasteiger partial charge is 0.309 e. The first-order valence-corrected chi connectivity index (χ1v) is 6.60. The zero-order valence-electron chi connectivity index (χ0n) is 11.2. The molecule has 17 heavy (non-hydrogen) atoms. The number of aromatic nitrogens is 2. The number of nitrogens with one attached hydrogen (secondary N) is 1. The van der Waals surface area contributed by atoms with Crippen LogP contribution in [-0.4, -0.2) is 40.4 Å². The van der Waals surface area contributed by atoms with Crippen LogP contribution < -0.4 is 5.32 Å². The molecule has 0 aliphatic carbocycles. The van der Waals surface area contributed by atoms with Crippen LogP contribution in [0.25, 0.3) is 0 Å². The Labute approximate surface area is 104 Å². The molecule has 0 spiro atoms. The van der Waals surface area contributed by atoms with Crippen LogP contribution in [0.1, 0.15) is 31.0 Å². The van der Waals surface area contributed by atoms with Crippen molar-refractivity contribution in [2.45, 2.75) is 39.3 Å². The minimum atomic E-state index is 0.549. The molecule has 1 aliphatic rings. The van der Waals surface area contributed by atoms with Crippen LogP contribution in [-0.2, 0) is 13.6 Å². The predicted octanol–water partition coefficient (Wildman–Crippen LogP) is 1.30. The summed E-state index contributed by atoms with van der Waals surface area (Å²) < 4.78 is 1.89. The van der Waals surface area contributed by atoms with Crippen molar-refractivity contribution in [1.29, 1.82) is 0 Å². The first-order valence-electron chi connectivity index (χ1n) is 6.60. The monoisotopic (exact) mass is 236 g/mol. The molecule has 1 fully saturated rings. The number of nitrogens with zero attached hydrogens (tertiary/aromatic N) is 3. The lowest BCUT2D eigenvalue weighted by atomic mass is 10.2. The van der Waals surface area contributed by atoms with E-state index in [1.165, 1.54) is 38.0 Å². The fourth-order valence-electron chi connectivity index (χ4n) is 2.52. The fourth-order valence-corrected chi connectivity index (χ4v) is 2.52. The fraction of sp³-hybridized carbons (Fsp3) is 0.769. The summed E-state index contributed by atoms with van der Waals surface area (Å²) >= 11 is 0. The Balaban J connectivity index is 1.75. The molecule has 4 heteroatoms. The second-order valence-electron chi connectivity index (χ2n) is 5.20. The average Bonchev–Trinajstić information content (AvgIpc) is 2.86. The second kappa shape index (κ2) is 5.65. The van der Waals surface area contributed by atoms with Crippen LogP contribution in [0.4, 0.5) is 0 Å². The summed E-state index contributed by atoms with van der Waals surface area (Å²) in [5, 5.41) is 7.94. The molecule has 1 atom stereocenters. The van der Waals surface area contributed by atoms with Gasteiger partial charge in [0.25, 0.3) is 0 Å². The van der Waals surface area contributed by atoms with E-state index in [1.54, 1.807) is 0 Å². The van der Waals surface area contributed by atoms with Crippen LogP contribution in [0.15, 0.2) is 6.20 Å². The summed E-state index contributed by atoms with van der Waals surface area (Å²) in [5.41, 5.74) is 2.44. The molecule has 1 aromatic rings. The van der Waals surface area contributed by atoms with Gasteiger partial charge in [0.1, 0.15) is 0 Å². The van der Waals surface area contributed by atoms with Crippen LogP contribution in [0, 0.1) is 6.92 Å². The van der Waals surface area contributed by atoms with Gasteiger partial charge in [0.15, 0.2) is 0 Å². The molecule has 1 N–H and O–H groups in total. The highest BCUT2D eigenvalue weighted by Crippen LogP contribution is 2.08. The smallest absolute Gasteiger partial charge is 0.0638 e. The summed E-state index contributed by atoms with van der Waals surface area (Å²) in [6.45, 7) is 8.98. The molecule has 1 saturated heterocycles. The van der Waals surface area contributed by atoms with Crippen molar-refractivity contribution in [3.8, 4) is 0 Å². The van der Waals surface area contributed by atoms with Gasteiger partial charge in [-0.15, -0.1) is 0 Å². The zero-order valence-corrected chi connectivity index (χ0v) is 11.2. The lowest BCUT2D eigenvalue weighted by Crippen LogP contribution is -2.37. The maximum absolute atomic E-state index is 4.36. The van der Waals surface area contributed by atoms with Crippen molar-refractivity contribution in [2.24, 2.45) is 7.05 Å². The molecular formula is C13H24N4. The molecule has 0 bridgehead atoms. The Bertz CT molecular complexity index is 352. The minimum absolute atomic E-state index is 0.549. The van der Waals surface area contributed by atoms with E-state index in [-0.39, 0.29) is 0 Å². The van der Waals surface area contributed by atoms with Crippen molar-refractivity contribution in [3.05, 3.63) is 17.5 Å². The summed E-state index contributed by atoms with van der Waals surface area (Å²) in [4.78, 5) is 2.55. The molecule has 0 amide bonds. The third kappa shape index (κ3) is 3.54. The Morgan fingerprint density at radius 3 is 2.71 bits per heavy atom. The summed E-state index contributed by atoms with van der Waals surface area (Å²) in [6, 6.07) is 0.549. The van der Waals surface area contributed by atoms with Crippen molar-refractivity contribution >= 4 is 0 Å². The predicted molar refractivity (Wildman–Crippen MR) is 69.9 cm³/mol. The molecule has 4 nitrogen and oxygen atoms in total. The van der Waals surface area contributed by atoms with E-state index in [4.69, 9.17) is 0 Å². The van der Waals surface area contributed by atoms with Gasteiger partial charge >= 0.3 is 0 Å². The SMILES string of the molecule is Cc1nn(C)cc1CNC(C)CN1CCCC1. The lowest BCUT2D eigenvalue weighted by Gasteiger charge is -2.21. The third-order valence-electron chi connectivity index (χ3n) is 3.49. The number of aryl methyl sites for hydroxylation is 2. The van der Waals surface area contributed by atoms with Gasteiger partial charge in [0.2, 0.25) is 0 Å². The lowest BCUT2D eigenvalue weighted by molar-refractivity contribution is 0.298. The maximum Gasteiger partial charge on any atom is 0.0638 e. The van der Waals surface area contributed by atoms with Gasteiger partial charge in [-0.3, -0.25) is 4.68 Å².